The number of hydrogen-bond acceptors (Lipinski definition) is 1. The molecular formula is C15H18Cl2N2O. The first kappa shape index (κ1) is 14.0. The summed E-state index contributed by atoms with van der Waals surface area (Å²) >= 11 is 11.8. The second-order valence-corrected chi connectivity index (χ2v) is 6.74. The maximum absolute atomic E-state index is 11.9. The Morgan fingerprint density at radius 3 is 2.75 bits per heavy atom. The van der Waals surface area contributed by atoms with Gasteiger partial charge in [0, 0.05) is 11.6 Å². The van der Waals surface area contributed by atoms with Gasteiger partial charge in [-0.15, -0.1) is 0 Å². The summed E-state index contributed by atoms with van der Waals surface area (Å²) in [5.41, 5.74) is 0.585. The first-order valence-electron chi connectivity index (χ1n) is 7.11. The van der Waals surface area contributed by atoms with Crippen molar-refractivity contribution >= 4 is 34.9 Å². The molecule has 20 heavy (non-hydrogen) atoms. The lowest BCUT2D eigenvalue weighted by Gasteiger charge is -2.22. The lowest BCUT2D eigenvalue weighted by atomic mass is 9.89. The van der Waals surface area contributed by atoms with E-state index < -0.39 is 0 Å². The lowest BCUT2D eigenvalue weighted by Crippen LogP contribution is -2.34. The fraction of sp³-hybridized carbons (Fsp3) is 0.533. The summed E-state index contributed by atoms with van der Waals surface area (Å²) in [5.74, 6) is 2.38. The molecule has 0 radical (unpaired) electrons. The number of anilines is 1. The van der Waals surface area contributed by atoms with Gasteiger partial charge in [-0.25, -0.2) is 4.79 Å². The van der Waals surface area contributed by atoms with Crippen LogP contribution in [0.5, 0.6) is 0 Å². The van der Waals surface area contributed by atoms with Gasteiger partial charge in [0.2, 0.25) is 0 Å². The molecule has 2 fully saturated rings. The maximum Gasteiger partial charge on any atom is 0.319 e. The van der Waals surface area contributed by atoms with Gasteiger partial charge in [0.25, 0.3) is 0 Å². The second-order valence-electron chi connectivity index (χ2n) is 5.89. The highest BCUT2D eigenvalue weighted by molar-refractivity contribution is 6.36. The van der Waals surface area contributed by atoms with E-state index in [1.165, 1.54) is 25.7 Å². The van der Waals surface area contributed by atoms with Crippen molar-refractivity contribution in [3.63, 3.8) is 0 Å². The summed E-state index contributed by atoms with van der Waals surface area (Å²) in [6.07, 6.45) is 5.35. The number of rotatable bonds is 3. The van der Waals surface area contributed by atoms with E-state index in [4.69, 9.17) is 23.2 Å². The van der Waals surface area contributed by atoms with Crippen LogP contribution >= 0.6 is 23.2 Å². The molecule has 0 unspecified atom stereocenters. The minimum absolute atomic E-state index is 0.197. The Hall–Kier alpha value is -0.930. The zero-order valence-electron chi connectivity index (χ0n) is 11.2. The van der Waals surface area contributed by atoms with Crippen molar-refractivity contribution in [2.45, 2.75) is 25.7 Å². The molecule has 1 aromatic carbocycles. The molecule has 108 valence electrons. The number of urea groups is 1. The average Bonchev–Trinajstić information content (AvgIpc) is 3.02. The molecule has 3 atom stereocenters. The van der Waals surface area contributed by atoms with Crippen LogP contribution in [-0.4, -0.2) is 12.6 Å². The molecule has 1 aromatic rings. The third-order valence-corrected chi connectivity index (χ3v) is 5.14. The zero-order chi connectivity index (χ0) is 14.1. The third kappa shape index (κ3) is 3.04. The van der Waals surface area contributed by atoms with Crippen molar-refractivity contribution in [1.29, 1.82) is 0 Å². The molecule has 3 rings (SSSR count). The van der Waals surface area contributed by atoms with Crippen LogP contribution in [0.3, 0.4) is 0 Å². The summed E-state index contributed by atoms with van der Waals surface area (Å²) < 4.78 is 0. The number of carbonyl (C=O) groups is 1. The summed E-state index contributed by atoms with van der Waals surface area (Å²) in [7, 11) is 0. The molecule has 0 saturated heterocycles. The Morgan fingerprint density at radius 1 is 1.25 bits per heavy atom. The quantitative estimate of drug-likeness (QED) is 0.844. The number of fused-ring (bicyclic) bond motifs is 2. The molecule has 2 bridgehead atoms. The molecular weight excluding hydrogens is 295 g/mol. The van der Waals surface area contributed by atoms with Crippen molar-refractivity contribution in [1.82, 2.24) is 5.32 Å². The third-order valence-electron chi connectivity index (χ3n) is 4.59. The van der Waals surface area contributed by atoms with Gasteiger partial charge < -0.3 is 10.6 Å². The van der Waals surface area contributed by atoms with Crippen molar-refractivity contribution in [2.24, 2.45) is 17.8 Å². The number of nitrogens with one attached hydrogen (secondary N) is 2. The second kappa shape index (κ2) is 5.82. The molecule has 2 N–H and O–H groups in total. The van der Waals surface area contributed by atoms with Gasteiger partial charge in [0.05, 0.1) is 10.7 Å². The molecule has 2 saturated carbocycles. The molecule has 0 aliphatic heterocycles. The number of hydrogen-bond donors (Lipinski definition) is 2. The molecule has 0 spiro atoms. The predicted octanol–water partition coefficient (Wildman–Crippen LogP) is 4.55. The van der Waals surface area contributed by atoms with Gasteiger partial charge >= 0.3 is 6.03 Å². The normalized spacial score (nSPS) is 27.6. The Bertz CT molecular complexity index is 521. The molecule has 0 heterocycles. The van der Waals surface area contributed by atoms with E-state index in [0.717, 1.165) is 18.4 Å². The largest absolute Gasteiger partial charge is 0.338 e. The van der Waals surface area contributed by atoms with Crippen LogP contribution in [0.2, 0.25) is 10.0 Å². The van der Waals surface area contributed by atoms with E-state index in [2.05, 4.69) is 10.6 Å². The fourth-order valence-corrected chi connectivity index (χ4v) is 4.06. The topological polar surface area (TPSA) is 41.1 Å². The summed E-state index contributed by atoms with van der Waals surface area (Å²) in [5, 5.41) is 6.73. The highest BCUT2D eigenvalue weighted by Gasteiger charge is 2.39. The van der Waals surface area contributed by atoms with E-state index in [1.54, 1.807) is 18.2 Å². The Morgan fingerprint density at radius 2 is 2.10 bits per heavy atom. The van der Waals surface area contributed by atoms with Crippen LogP contribution in [0.1, 0.15) is 25.7 Å². The smallest absolute Gasteiger partial charge is 0.319 e. The number of amides is 2. The van der Waals surface area contributed by atoms with Crippen LogP contribution in [0.4, 0.5) is 10.5 Å². The fourth-order valence-electron chi connectivity index (χ4n) is 3.61. The molecule has 5 heteroatoms. The first-order chi connectivity index (χ1) is 9.61. The summed E-state index contributed by atoms with van der Waals surface area (Å²) in [4.78, 5) is 11.9. The van der Waals surface area contributed by atoms with Crippen LogP contribution in [0.25, 0.3) is 0 Å². The monoisotopic (exact) mass is 312 g/mol. The van der Waals surface area contributed by atoms with Crippen LogP contribution in [0.15, 0.2) is 18.2 Å². The zero-order valence-corrected chi connectivity index (χ0v) is 12.7. The highest BCUT2D eigenvalue weighted by Crippen LogP contribution is 2.47. The van der Waals surface area contributed by atoms with E-state index in [-0.39, 0.29) is 6.03 Å². The molecule has 0 aromatic heterocycles. The van der Waals surface area contributed by atoms with E-state index in [1.807, 2.05) is 0 Å². The minimum atomic E-state index is -0.197. The number of carbonyl (C=O) groups excluding carboxylic acids is 1. The molecule has 2 aliphatic rings. The van der Waals surface area contributed by atoms with Crippen LogP contribution in [0, 0.1) is 17.8 Å². The summed E-state index contributed by atoms with van der Waals surface area (Å²) in [6, 6.07) is 4.84. The van der Waals surface area contributed by atoms with Gasteiger partial charge in [0.1, 0.15) is 0 Å². The average molecular weight is 313 g/mol. The van der Waals surface area contributed by atoms with E-state index in [0.29, 0.717) is 21.7 Å². The van der Waals surface area contributed by atoms with Gasteiger partial charge in [-0.05, 0) is 55.2 Å². The Balaban J connectivity index is 1.50. The maximum atomic E-state index is 11.9. The van der Waals surface area contributed by atoms with E-state index in [9.17, 15) is 4.79 Å². The van der Waals surface area contributed by atoms with Gasteiger partial charge in [-0.1, -0.05) is 29.6 Å². The number of benzene rings is 1. The summed E-state index contributed by atoms with van der Waals surface area (Å²) in [6.45, 7) is 0.762. The van der Waals surface area contributed by atoms with Crippen molar-refractivity contribution in [2.75, 3.05) is 11.9 Å². The van der Waals surface area contributed by atoms with Crippen molar-refractivity contribution in [3.05, 3.63) is 28.2 Å². The van der Waals surface area contributed by atoms with E-state index >= 15 is 0 Å². The van der Waals surface area contributed by atoms with Crippen molar-refractivity contribution in [3.8, 4) is 0 Å². The standard InChI is InChI=1S/C15H18Cl2N2O/c16-12-3-4-14(13(17)7-12)19-15(20)18-8-11-6-9-1-2-10(11)5-9/h3-4,7,9-11H,1-2,5-6,8H2,(H2,18,19,20)/t9-,10-,11+/m1/s1. The highest BCUT2D eigenvalue weighted by atomic mass is 35.5. The molecule has 2 amide bonds. The van der Waals surface area contributed by atoms with Crippen LogP contribution in [-0.2, 0) is 0 Å². The Kier molecular flexibility index (Phi) is 4.08. The number of halogens is 2. The van der Waals surface area contributed by atoms with Gasteiger partial charge in [-0.2, -0.15) is 0 Å². The first-order valence-corrected chi connectivity index (χ1v) is 7.87. The predicted molar refractivity (Wildman–Crippen MR) is 82.4 cm³/mol. The molecule has 3 nitrogen and oxygen atoms in total. The van der Waals surface area contributed by atoms with Crippen molar-refractivity contribution < 1.29 is 4.79 Å². The minimum Gasteiger partial charge on any atom is -0.338 e. The lowest BCUT2D eigenvalue weighted by molar-refractivity contribution is 0.245. The SMILES string of the molecule is O=C(NC[C@@H]1C[C@@H]2CC[C@@H]1C2)Nc1ccc(Cl)cc1Cl. The van der Waals surface area contributed by atoms with Gasteiger partial charge in [0.15, 0.2) is 0 Å². The Labute approximate surface area is 129 Å². The van der Waals surface area contributed by atoms with Gasteiger partial charge in [-0.3, -0.25) is 0 Å². The van der Waals surface area contributed by atoms with Crippen LogP contribution < -0.4 is 10.6 Å². The molecule has 2 aliphatic carbocycles.